The second-order valence-corrected chi connectivity index (χ2v) is 7.45. The van der Waals surface area contributed by atoms with E-state index >= 15 is 0 Å². The third-order valence-electron chi connectivity index (χ3n) is 4.00. The lowest BCUT2D eigenvalue weighted by Gasteiger charge is -2.34. The minimum Gasteiger partial charge on any atom is -0.248 e. The first-order chi connectivity index (χ1) is 9.17. The van der Waals surface area contributed by atoms with Gasteiger partial charge >= 0.3 is 0 Å². The number of benzene rings is 1. The Hall–Kier alpha value is -0.910. The predicted molar refractivity (Wildman–Crippen MR) is 74.4 cm³/mol. The lowest BCUT2D eigenvalue weighted by atomic mass is 10.0. The molecule has 0 saturated carbocycles. The highest BCUT2D eigenvalue weighted by Crippen LogP contribution is 2.32. The van der Waals surface area contributed by atoms with Gasteiger partial charge in [-0.25, -0.2) is 18.9 Å². The van der Waals surface area contributed by atoms with Crippen molar-refractivity contribution in [3.05, 3.63) is 29.8 Å². The molecule has 1 aromatic carbocycles. The highest BCUT2D eigenvalue weighted by atomic mass is 32.2. The standard InChI is InChI=1S/C14H20N2O2S/c17-19(18)11-8-13(12-6-2-3-7-14(12)19)15-16-9-4-1-5-10-16/h2-3,6-7,13,15H,1,4-5,8-11H2. The van der Waals surface area contributed by atoms with E-state index in [1.807, 2.05) is 12.1 Å². The van der Waals surface area contributed by atoms with Gasteiger partial charge in [0.1, 0.15) is 0 Å². The summed E-state index contributed by atoms with van der Waals surface area (Å²) < 4.78 is 24.1. The van der Waals surface area contributed by atoms with Crippen molar-refractivity contribution in [1.82, 2.24) is 10.4 Å². The van der Waals surface area contributed by atoms with Crippen LogP contribution in [0.3, 0.4) is 0 Å². The van der Waals surface area contributed by atoms with E-state index in [0.717, 1.165) is 18.7 Å². The van der Waals surface area contributed by atoms with Gasteiger partial charge in [0, 0.05) is 19.1 Å². The molecule has 2 aliphatic rings. The zero-order valence-corrected chi connectivity index (χ0v) is 11.8. The molecular formula is C14H20N2O2S. The first kappa shape index (κ1) is 13.1. The van der Waals surface area contributed by atoms with Crippen LogP contribution in [0.4, 0.5) is 0 Å². The van der Waals surface area contributed by atoms with Crippen molar-refractivity contribution < 1.29 is 8.42 Å². The van der Waals surface area contributed by atoms with E-state index in [9.17, 15) is 8.42 Å². The van der Waals surface area contributed by atoms with E-state index in [2.05, 4.69) is 10.4 Å². The van der Waals surface area contributed by atoms with E-state index < -0.39 is 9.84 Å². The SMILES string of the molecule is O=S1(=O)CCC(NN2CCCCC2)c2ccccc21. The molecule has 19 heavy (non-hydrogen) atoms. The van der Waals surface area contributed by atoms with Crippen molar-refractivity contribution in [3.63, 3.8) is 0 Å². The molecule has 1 unspecified atom stereocenters. The summed E-state index contributed by atoms with van der Waals surface area (Å²) >= 11 is 0. The molecule has 5 heteroatoms. The lowest BCUT2D eigenvalue weighted by molar-refractivity contribution is 0.125. The Labute approximate surface area is 114 Å². The van der Waals surface area contributed by atoms with Gasteiger partial charge in [-0.05, 0) is 30.9 Å². The van der Waals surface area contributed by atoms with Crippen molar-refractivity contribution in [2.45, 2.75) is 36.6 Å². The second-order valence-electron chi connectivity index (χ2n) is 5.37. The normalized spacial score (nSPS) is 26.8. The molecule has 1 atom stereocenters. The summed E-state index contributed by atoms with van der Waals surface area (Å²) in [6.45, 7) is 2.12. The summed E-state index contributed by atoms with van der Waals surface area (Å²) in [7, 11) is -3.07. The minimum absolute atomic E-state index is 0.137. The first-order valence-corrected chi connectivity index (χ1v) is 8.65. The molecule has 3 rings (SSSR count). The topological polar surface area (TPSA) is 49.4 Å². The molecule has 1 aromatic rings. The molecule has 2 heterocycles. The lowest BCUT2D eigenvalue weighted by Crippen LogP contribution is -2.45. The van der Waals surface area contributed by atoms with Gasteiger partial charge in [0.05, 0.1) is 10.6 Å². The van der Waals surface area contributed by atoms with Crippen LogP contribution in [0.15, 0.2) is 29.2 Å². The van der Waals surface area contributed by atoms with Crippen LogP contribution in [0.1, 0.15) is 37.3 Å². The zero-order chi connectivity index (χ0) is 13.3. The predicted octanol–water partition coefficient (Wildman–Crippen LogP) is 1.90. The Morgan fingerprint density at radius 2 is 1.84 bits per heavy atom. The Bertz CT molecular complexity index is 550. The third kappa shape index (κ3) is 2.68. The van der Waals surface area contributed by atoms with Gasteiger partial charge < -0.3 is 0 Å². The summed E-state index contributed by atoms with van der Waals surface area (Å²) in [6.07, 6.45) is 4.41. The summed E-state index contributed by atoms with van der Waals surface area (Å²) in [4.78, 5) is 0.510. The molecule has 1 N–H and O–H groups in total. The van der Waals surface area contributed by atoms with E-state index in [0.29, 0.717) is 11.3 Å². The van der Waals surface area contributed by atoms with Gasteiger partial charge in [-0.2, -0.15) is 0 Å². The van der Waals surface area contributed by atoms with Crippen LogP contribution in [0.2, 0.25) is 0 Å². The van der Waals surface area contributed by atoms with E-state index in [-0.39, 0.29) is 11.8 Å². The molecule has 1 fully saturated rings. The van der Waals surface area contributed by atoms with Gasteiger partial charge in [0.15, 0.2) is 9.84 Å². The number of rotatable bonds is 2. The van der Waals surface area contributed by atoms with Crippen molar-refractivity contribution in [2.75, 3.05) is 18.8 Å². The van der Waals surface area contributed by atoms with Gasteiger partial charge in [0.2, 0.25) is 0 Å². The summed E-state index contributed by atoms with van der Waals surface area (Å²) in [5, 5.41) is 2.25. The fourth-order valence-corrected chi connectivity index (χ4v) is 4.59. The zero-order valence-electron chi connectivity index (χ0n) is 11.0. The molecule has 0 aromatic heterocycles. The highest BCUT2D eigenvalue weighted by molar-refractivity contribution is 7.91. The maximum Gasteiger partial charge on any atom is 0.178 e. The van der Waals surface area contributed by atoms with E-state index in [4.69, 9.17) is 0 Å². The number of hydrazine groups is 1. The van der Waals surface area contributed by atoms with Crippen LogP contribution < -0.4 is 5.43 Å². The van der Waals surface area contributed by atoms with E-state index in [1.165, 1.54) is 19.3 Å². The molecule has 0 aliphatic carbocycles. The number of hydrogen-bond acceptors (Lipinski definition) is 4. The Morgan fingerprint density at radius 3 is 2.63 bits per heavy atom. The van der Waals surface area contributed by atoms with Crippen molar-refractivity contribution >= 4 is 9.84 Å². The average molecular weight is 280 g/mol. The van der Waals surface area contributed by atoms with E-state index in [1.54, 1.807) is 12.1 Å². The highest BCUT2D eigenvalue weighted by Gasteiger charge is 2.30. The smallest absolute Gasteiger partial charge is 0.178 e. The van der Waals surface area contributed by atoms with Crippen LogP contribution >= 0.6 is 0 Å². The van der Waals surface area contributed by atoms with Crippen LogP contribution in [-0.2, 0) is 9.84 Å². The molecule has 0 amide bonds. The van der Waals surface area contributed by atoms with Gasteiger partial charge in [-0.15, -0.1) is 0 Å². The van der Waals surface area contributed by atoms with Crippen LogP contribution in [0, 0.1) is 0 Å². The van der Waals surface area contributed by atoms with Crippen molar-refractivity contribution in [3.8, 4) is 0 Å². The summed E-state index contributed by atoms with van der Waals surface area (Å²) in [5.74, 6) is 0.246. The largest absolute Gasteiger partial charge is 0.248 e. The van der Waals surface area contributed by atoms with Crippen molar-refractivity contribution in [2.24, 2.45) is 0 Å². The summed E-state index contributed by atoms with van der Waals surface area (Å²) in [5.41, 5.74) is 4.45. The molecule has 1 saturated heterocycles. The minimum atomic E-state index is -3.07. The number of fused-ring (bicyclic) bond motifs is 1. The fraction of sp³-hybridized carbons (Fsp3) is 0.571. The van der Waals surface area contributed by atoms with Crippen molar-refractivity contribution in [1.29, 1.82) is 0 Å². The van der Waals surface area contributed by atoms with Crippen LogP contribution in [0.5, 0.6) is 0 Å². The quantitative estimate of drug-likeness (QED) is 0.899. The third-order valence-corrected chi connectivity index (χ3v) is 5.81. The number of nitrogens with zero attached hydrogens (tertiary/aromatic N) is 1. The maximum absolute atomic E-state index is 12.1. The molecule has 104 valence electrons. The second kappa shape index (κ2) is 5.23. The molecule has 0 radical (unpaired) electrons. The molecule has 4 nitrogen and oxygen atoms in total. The molecular weight excluding hydrogens is 260 g/mol. The van der Waals surface area contributed by atoms with Gasteiger partial charge in [-0.3, -0.25) is 0 Å². The van der Waals surface area contributed by atoms with Gasteiger partial charge in [0.25, 0.3) is 0 Å². The number of hydrogen-bond donors (Lipinski definition) is 1. The molecule has 0 spiro atoms. The Balaban J connectivity index is 1.84. The monoisotopic (exact) mass is 280 g/mol. The van der Waals surface area contributed by atoms with Crippen LogP contribution in [0.25, 0.3) is 0 Å². The average Bonchev–Trinajstić information content (AvgIpc) is 2.44. The maximum atomic E-state index is 12.1. The Kier molecular flexibility index (Phi) is 3.60. The fourth-order valence-electron chi connectivity index (χ4n) is 2.97. The van der Waals surface area contributed by atoms with Gasteiger partial charge in [-0.1, -0.05) is 24.6 Å². The number of nitrogens with one attached hydrogen (secondary N) is 1. The summed E-state index contributed by atoms with van der Waals surface area (Å²) in [6, 6.07) is 7.53. The number of piperidine rings is 1. The molecule has 2 aliphatic heterocycles. The number of sulfone groups is 1. The Morgan fingerprint density at radius 1 is 1.11 bits per heavy atom. The van der Waals surface area contributed by atoms with Crippen LogP contribution in [-0.4, -0.2) is 32.3 Å². The first-order valence-electron chi connectivity index (χ1n) is 7.00. The molecule has 0 bridgehead atoms.